The summed E-state index contributed by atoms with van der Waals surface area (Å²) in [5.74, 6) is -1.24. The van der Waals surface area contributed by atoms with E-state index in [4.69, 9.17) is 9.47 Å². The van der Waals surface area contributed by atoms with Crippen molar-refractivity contribution in [3.63, 3.8) is 0 Å². The van der Waals surface area contributed by atoms with Gasteiger partial charge >= 0.3 is 0 Å². The quantitative estimate of drug-likeness (QED) is 0.416. The van der Waals surface area contributed by atoms with Crippen LogP contribution in [0.1, 0.15) is 21.5 Å². The van der Waals surface area contributed by atoms with E-state index in [9.17, 15) is 18.4 Å². The lowest BCUT2D eigenvalue weighted by Crippen LogP contribution is -2.21. The Morgan fingerprint density at radius 2 is 1.69 bits per heavy atom. The van der Waals surface area contributed by atoms with Gasteiger partial charge in [-0.15, -0.1) is 0 Å². The number of methoxy groups -OCH3 is 2. The predicted molar refractivity (Wildman–Crippen MR) is 117 cm³/mol. The van der Waals surface area contributed by atoms with Crippen LogP contribution in [-0.4, -0.2) is 24.6 Å². The van der Waals surface area contributed by atoms with Crippen molar-refractivity contribution in [2.75, 3.05) is 14.2 Å². The molecule has 5 nitrogen and oxygen atoms in total. The molecule has 1 aromatic heterocycles. The second kappa shape index (κ2) is 8.63. The molecule has 0 unspecified atom stereocenters. The molecule has 0 atom stereocenters. The first kappa shape index (κ1) is 21.2. The summed E-state index contributed by atoms with van der Waals surface area (Å²) in [5.41, 5.74) is -0.0684. The molecule has 0 aliphatic rings. The van der Waals surface area contributed by atoms with Gasteiger partial charge in [-0.1, -0.05) is 18.2 Å². The number of benzene rings is 3. The van der Waals surface area contributed by atoms with Gasteiger partial charge in [0.25, 0.3) is 0 Å². The van der Waals surface area contributed by atoms with Crippen molar-refractivity contribution in [2.24, 2.45) is 0 Å². The van der Waals surface area contributed by atoms with Crippen LogP contribution in [0.15, 0.2) is 71.7 Å². The molecule has 0 saturated heterocycles. The Kier molecular flexibility index (Phi) is 5.73. The van der Waals surface area contributed by atoms with E-state index in [-0.39, 0.29) is 28.6 Å². The number of para-hydroxylation sites is 1. The van der Waals surface area contributed by atoms with E-state index >= 15 is 0 Å². The molecule has 0 bridgehead atoms. The van der Waals surface area contributed by atoms with E-state index in [1.807, 2.05) is 0 Å². The molecule has 1 heterocycles. The highest BCUT2D eigenvalue weighted by Gasteiger charge is 2.20. The molecule has 0 amide bonds. The standard InChI is InChI=1S/C25H19F2NO4/c1-31-18-9-7-15(8-10-18)24(29)20-14-28(13-16-5-3-4-6-22(16)32-2)23-19(25(20)30)11-17(26)12-21(23)27/h3-12,14H,13H2,1-2H3. The van der Waals surface area contributed by atoms with Gasteiger partial charge in [-0.05, 0) is 36.4 Å². The fourth-order valence-electron chi connectivity index (χ4n) is 3.66. The molecule has 0 aliphatic heterocycles. The first-order valence-corrected chi connectivity index (χ1v) is 9.75. The molecule has 162 valence electrons. The Morgan fingerprint density at radius 3 is 2.38 bits per heavy atom. The maximum Gasteiger partial charge on any atom is 0.200 e. The van der Waals surface area contributed by atoms with Crippen LogP contribution in [0.4, 0.5) is 8.78 Å². The lowest BCUT2D eigenvalue weighted by atomic mass is 10.0. The van der Waals surface area contributed by atoms with Crippen molar-refractivity contribution in [2.45, 2.75) is 6.54 Å². The van der Waals surface area contributed by atoms with Crippen LogP contribution >= 0.6 is 0 Å². The van der Waals surface area contributed by atoms with E-state index in [0.717, 1.165) is 6.07 Å². The molecule has 0 saturated carbocycles. The molecule has 0 spiro atoms. The fraction of sp³-hybridized carbons (Fsp3) is 0.120. The summed E-state index contributed by atoms with van der Waals surface area (Å²) in [6, 6.07) is 15.0. The number of aromatic nitrogens is 1. The van der Waals surface area contributed by atoms with E-state index in [2.05, 4.69) is 0 Å². The Morgan fingerprint density at radius 1 is 0.969 bits per heavy atom. The SMILES string of the molecule is COc1ccc(C(=O)c2cn(Cc3ccccc3OC)c3c(F)cc(F)cc3c2=O)cc1. The zero-order valence-corrected chi connectivity index (χ0v) is 17.4. The molecule has 0 N–H and O–H groups in total. The molecule has 3 aromatic carbocycles. The van der Waals surface area contributed by atoms with Gasteiger partial charge in [0.15, 0.2) is 11.6 Å². The number of ether oxygens (including phenoxy) is 2. The van der Waals surface area contributed by atoms with Crippen LogP contribution in [0.2, 0.25) is 0 Å². The van der Waals surface area contributed by atoms with Crippen molar-refractivity contribution in [1.29, 1.82) is 0 Å². The summed E-state index contributed by atoms with van der Waals surface area (Å²) in [5, 5.41) is -0.211. The number of hydrogen-bond donors (Lipinski definition) is 0. The fourth-order valence-corrected chi connectivity index (χ4v) is 3.66. The number of nitrogens with zero attached hydrogens (tertiary/aromatic N) is 1. The number of carbonyl (C=O) groups excluding carboxylic acids is 1. The molecule has 32 heavy (non-hydrogen) atoms. The van der Waals surface area contributed by atoms with E-state index < -0.39 is 22.8 Å². The highest BCUT2D eigenvalue weighted by atomic mass is 19.1. The number of hydrogen-bond acceptors (Lipinski definition) is 4. The minimum atomic E-state index is -0.898. The van der Waals surface area contributed by atoms with E-state index in [1.54, 1.807) is 36.4 Å². The third-order valence-electron chi connectivity index (χ3n) is 5.22. The molecular weight excluding hydrogens is 416 g/mol. The van der Waals surface area contributed by atoms with Crippen molar-refractivity contribution < 1.29 is 23.0 Å². The molecular formula is C25H19F2NO4. The zero-order chi connectivity index (χ0) is 22.8. The Labute approximate surface area is 182 Å². The number of fused-ring (bicyclic) bond motifs is 1. The van der Waals surface area contributed by atoms with Crippen molar-refractivity contribution in [3.05, 3.63) is 105 Å². The summed E-state index contributed by atoms with van der Waals surface area (Å²) >= 11 is 0. The van der Waals surface area contributed by atoms with Gasteiger partial charge in [-0.25, -0.2) is 8.78 Å². The summed E-state index contributed by atoms with van der Waals surface area (Å²) in [6.45, 7) is 0.103. The summed E-state index contributed by atoms with van der Waals surface area (Å²) < 4.78 is 40.7. The molecule has 7 heteroatoms. The third kappa shape index (κ3) is 3.85. The number of rotatable bonds is 6. The largest absolute Gasteiger partial charge is 0.497 e. The number of carbonyl (C=O) groups is 1. The average molecular weight is 435 g/mol. The summed E-state index contributed by atoms with van der Waals surface area (Å²) in [6.07, 6.45) is 1.31. The Hall–Kier alpha value is -4.00. The van der Waals surface area contributed by atoms with Gasteiger partial charge in [0.2, 0.25) is 5.43 Å². The van der Waals surface area contributed by atoms with Gasteiger partial charge in [0.05, 0.1) is 37.2 Å². The van der Waals surface area contributed by atoms with Gasteiger partial charge < -0.3 is 14.0 Å². The second-order valence-corrected chi connectivity index (χ2v) is 7.15. The summed E-state index contributed by atoms with van der Waals surface area (Å²) in [7, 11) is 3.01. The first-order valence-electron chi connectivity index (χ1n) is 9.75. The van der Waals surface area contributed by atoms with Crippen LogP contribution in [-0.2, 0) is 6.54 Å². The highest BCUT2D eigenvalue weighted by molar-refractivity contribution is 6.10. The maximum atomic E-state index is 14.8. The average Bonchev–Trinajstić information content (AvgIpc) is 2.80. The topological polar surface area (TPSA) is 57.5 Å². The summed E-state index contributed by atoms with van der Waals surface area (Å²) in [4.78, 5) is 26.2. The number of pyridine rings is 1. The van der Waals surface area contributed by atoms with Crippen molar-refractivity contribution in [3.8, 4) is 11.5 Å². The number of halogens is 2. The van der Waals surface area contributed by atoms with Crippen LogP contribution in [0, 0.1) is 11.6 Å². The molecule has 4 rings (SSSR count). The van der Waals surface area contributed by atoms with Crippen molar-refractivity contribution in [1.82, 2.24) is 4.57 Å². The van der Waals surface area contributed by atoms with E-state index in [1.165, 1.54) is 37.1 Å². The second-order valence-electron chi connectivity index (χ2n) is 7.15. The number of ketones is 1. The van der Waals surface area contributed by atoms with Gasteiger partial charge in [-0.3, -0.25) is 9.59 Å². The van der Waals surface area contributed by atoms with Gasteiger partial charge in [-0.2, -0.15) is 0 Å². The Bertz CT molecular complexity index is 1380. The van der Waals surface area contributed by atoms with Crippen LogP contribution in [0.25, 0.3) is 10.9 Å². The van der Waals surface area contributed by atoms with Crippen LogP contribution in [0.5, 0.6) is 11.5 Å². The van der Waals surface area contributed by atoms with E-state index in [0.29, 0.717) is 23.1 Å². The molecule has 0 aliphatic carbocycles. The minimum Gasteiger partial charge on any atom is -0.497 e. The molecule has 4 aromatic rings. The van der Waals surface area contributed by atoms with Gasteiger partial charge in [0.1, 0.15) is 17.3 Å². The monoisotopic (exact) mass is 435 g/mol. The molecule has 0 fully saturated rings. The maximum absolute atomic E-state index is 14.8. The zero-order valence-electron chi connectivity index (χ0n) is 17.4. The Balaban J connectivity index is 1.93. The van der Waals surface area contributed by atoms with Gasteiger partial charge in [0, 0.05) is 23.4 Å². The van der Waals surface area contributed by atoms with Crippen molar-refractivity contribution >= 4 is 16.7 Å². The molecule has 0 radical (unpaired) electrons. The lowest BCUT2D eigenvalue weighted by Gasteiger charge is -2.16. The first-order chi connectivity index (χ1) is 15.4. The predicted octanol–water partition coefficient (Wildman–Crippen LogP) is 4.58. The smallest absolute Gasteiger partial charge is 0.200 e. The normalized spacial score (nSPS) is 10.9. The minimum absolute atomic E-state index is 0.0893. The lowest BCUT2D eigenvalue weighted by molar-refractivity contribution is 0.103. The highest BCUT2D eigenvalue weighted by Crippen LogP contribution is 2.24. The van der Waals surface area contributed by atoms with Crippen LogP contribution < -0.4 is 14.9 Å². The van der Waals surface area contributed by atoms with Crippen LogP contribution in [0.3, 0.4) is 0 Å². The third-order valence-corrected chi connectivity index (χ3v) is 5.22.